The van der Waals surface area contributed by atoms with Crippen molar-refractivity contribution in [2.75, 3.05) is 27.4 Å². The maximum atomic E-state index is 13.4. The molecule has 0 aromatic carbocycles. The molecule has 19 heteroatoms. The number of aliphatic imine (C=N–C) groups is 2. The van der Waals surface area contributed by atoms with E-state index in [9.17, 15) is 17.6 Å². The fourth-order valence-electron chi connectivity index (χ4n) is 6.95. The lowest BCUT2D eigenvalue weighted by atomic mass is 9.82. The molecule has 4 aliphatic rings. The summed E-state index contributed by atoms with van der Waals surface area (Å²) >= 11 is 3.35. The Balaban J connectivity index is 0.000000170. The molecule has 4 aromatic rings. The van der Waals surface area contributed by atoms with Crippen molar-refractivity contribution in [2.45, 2.75) is 89.1 Å². The number of aromatic nitrogens is 6. The summed E-state index contributed by atoms with van der Waals surface area (Å²) in [7, 11) is 3.09. The molecule has 0 saturated heterocycles. The minimum Gasteiger partial charge on any atom is -0.480 e. The lowest BCUT2D eigenvalue weighted by Crippen LogP contribution is -2.41. The third kappa shape index (κ3) is 11.3. The summed E-state index contributed by atoms with van der Waals surface area (Å²) in [5, 5.41) is 0. The van der Waals surface area contributed by atoms with Gasteiger partial charge in [0.05, 0.1) is 62.3 Å². The highest BCUT2D eigenvalue weighted by Gasteiger charge is 2.40. The van der Waals surface area contributed by atoms with Gasteiger partial charge in [0.25, 0.3) is 0 Å². The summed E-state index contributed by atoms with van der Waals surface area (Å²) in [6.07, 6.45) is 8.54. The molecule has 2 fully saturated rings. The molecule has 2 atom stereocenters. The summed E-state index contributed by atoms with van der Waals surface area (Å²) in [5.74, 6) is -3.00. The maximum Gasteiger partial charge on any atom is 0.248 e. The topological polar surface area (TPSA) is 158 Å². The Morgan fingerprint density at radius 1 is 0.772 bits per heavy atom. The molecule has 14 nitrogen and oxygen atoms in total. The van der Waals surface area contributed by atoms with Crippen molar-refractivity contribution in [3.63, 3.8) is 0 Å². The van der Waals surface area contributed by atoms with Gasteiger partial charge in [0.1, 0.15) is 17.1 Å². The molecular weight excluding hydrogens is 816 g/mol. The number of nitrogens with zero attached hydrogens (tertiary/aromatic N) is 7. The van der Waals surface area contributed by atoms with E-state index in [0.29, 0.717) is 73.7 Å². The highest BCUT2D eigenvalue weighted by Crippen LogP contribution is 2.40. The molecule has 2 aliphatic heterocycles. The van der Waals surface area contributed by atoms with Crippen molar-refractivity contribution >= 4 is 27.6 Å². The standard InChI is InChI=1S/C19H23F2N5O2.C15H18BrF2N3O2.C4H6N2/c1-12-9-26(11-22-12)16-4-3-14(24-18(16)27-2)17-23-15(10-28-25-17)13-5-7-19(20,21)8-6-13;1-22-14-10(16)2-3-11(20-14)13-19-12(8-23-21-13)9-4-6-15(17,18)7-5-9;1-4-2-5-3-6-4/h3-4,9,11,13,15H,5-8,10H2,1-2H3,(H,23,25);2-3,9,12H,4-8H2,1H3,(H,19,21);2-3H,1H3,(H,5,6). The second-order valence-electron chi connectivity index (χ2n) is 14.4. The second-order valence-corrected chi connectivity index (χ2v) is 15.2. The van der Waals surface area contributed by atoms with Crippen molar-refractivity contribution in [2.24, 2.45) is 21.8 Å². The number of pyridine rings is 2. The average Bonchev–Trinajstić information content (AvgIpc) is 3.89. The lowest BCUT2D eigenvalue weighted by Gasteiger charge is -2.33. The van der Waals surface area contributed by atoms with Gasteiger partial charge in [-0.2, -0.15) is 0 Å². The molecule has 2 saturated carbocycles. The van der Waals surface area contributed by atoms with Crippen LogP contribution in [-0.4, -0.2) is 92.5 Å². The summed E-state index contributed by atoms with van der Waals surface area (Å²) in [5.41, 5.74) is 9.48. The predicted octanol–water partition coefficient (Wildman–Crippen LogP) is 7.11. The predicted molar refractivity (Wildman–Crippen MR) is 207 cm³/mol. The minimum atomic E-state index is -2.55. The number of hydrogen-bond acceptors (Lipinski definition) is 12. The number of imidazole rings is 2. The van der Waals surface area contributed by atoms with Gasteiger partial charge >= 0.3 is 0 Å². The van der Waals surface area contributed by atoms with Crippen molar-refractivity contribution in [1.29, 1.82) is 0 Å². The Hall–Kier alpha value is -4.62. The molecule has 8 rings (SSSR count). The van der Waals surface area contributed by atoms with Crippen LogP contribution < -0.4 is 20.4 Å². The van der Waals surface area contributed by atoms with Crippen LogP contribution in [0.25, 0.3) is 5.69 Å². The van der Waals surface area contributed by atoms with Crippen LogP contribution in [0.1, 0.15) is 74.1 Å². The van der Waals surface area contributed by atoms with Gasteiger partial charge < -0.3 is 19.0 Å². The number of methoxy groups -OCH3 is 2. The van der Waals surface area contributed by atoms with Gasteiger partial charge in [0, 0.05) is 43.8 Å². The number of H-pyrrole nitrogens is 1. The first-order valence-electron chi connectivity index (χ1n) is 18.7. The van der Waals surface area contributed by atoms with Gasteiger partial charge in [-0.05, 0) is 91.6 Å². The van der Waals surface area contributed by atoms with Crippen molar-refractivity contribution in [3.05, 3.63) is 76.6 Å². The lowest BCUT2D eigenvalue weighted by molar-refractivity contribution is -0.0547. The first-order chi connectivity index (χ1) is 27.3. The van der Waals surface area contributed by atoms with Crippen molar-refractivity contribution in [1.82, 2.24) is 40.4 Å². The summed E-state index contributed by atoms with van der Waals surface area (Å²) in [6.45, 7) is 4.62. The van der Waals surface area contributed by atoms with Gasteiger partial charge in [0.15, 0.2) is 11.7 Å². The van der Waals surface area contributed by atoms with E-state index in [4.69, 9.17) is 24.1 Å². The van der Waals surface area contributed by atoms with E-state index in [1.807, 2.05) is 42.8 Å². The van der Waals surface area contributed by atoms with E-state index in [-0.39, 0.29) is 49.6 Å². The van der Waals surface area contributed by atoms with Gasteiger partial charge in [-0.25, -0.2) is 48.5 Å². The molecular formula is C38H47BrF4N10O4. The SMILES string of the molecule is COc1nc(C2=NC(C3CCC(F)(F)CC3)CON2)ccc1-n1cnc(C)c1.COc1nc(C2=NC(C3CCC(F)(F)CC3)CON2)ccc1Br.Cc1cnc[nH]1. The Morgan fingerprint density at radius 2 is 1.30 bits per heavy atom. The molecule has 2 aliphatic carbocycles. The van der Waals surface area contributed by atoms with Crippen LogP contribution in [0.3, 0.4) is 0 Å². The molecule has 57 heavy (non-hydrogen) atoms. The van der Waals surface area contributed by atoms with E-state index in [0.717, 1.165) is 21.5 Å². The zero-order valence-electron chi connectivity index (χ0n) is 32.2. The number of ether oxygens (including phenoxy) is 2. The molecule has 0 radical (unpaired) electrons. The monoisotopic (exact) mass is 862 g/mol. The van der Waals surface area contributed by atoms with Crippen LogP contribution in [0, 0.1) is 25.7 Å². The quantitative estimate of drug-likeness (QED) is 0.164. The maximum absolute atomic E-state index is 13.4. The number of hydrogen-bond donors (Lipinski definition) is 3. The number of amidine groups is 2. The van der Waals surface area contributed by atoms with Crippen LogP contribution >= 0.6 is 15.9 Å². The normalized spacial score (nSPS) is 21.9. The molecule has 6 heterocycles. The van der Waals surface area contributed by atoms with Gasteiger partial charge in [-0.15, -0.1) is 0 Å². The molecule has 2 unspecified atom stereocenters. The van der Waals surface area contributed by atoms with Gasteiger partial charge in [0.2, 0.25) is 23.6 Å². The number of hydroxylamine groups is 2. The van der Waals surface area contributed by atoms with Gasteiger partial charge in [-0.1, -0.05) is 0 Å². The van der Waals surface area contributed by atoms with Crippen molar-refractivity contribution < 1.29 is 36.7 Å². The number of aryl methyl sites for hydroxylation is 2. The fourth-order valence-corrected chi connectivity index (χ4v) is 7.34. The van der Waals surface area contributed by atoms with Crippen LogP contribution in [0.15, 0.2) is 63.8 Å². The fraction of sp³-hybridized carbons (Fsp3) is 0.526. The molecule has 0 amide bonds. The molecule has 3 N–H and O–H groups in total. The molecule has 0 bridgehead atoms. The van der Waals surface area contributed by atoms with E-state index in [1.165, 1.54) is 7.11 Å². The largest absolute Gasteiger partial charge is 0.480 e. The summed E-state index contributed by atoms with van der Waals surface area (Å²) in [4.78, 5) is 40.0. The van der Waals surface area contributed by atoms with E-state index in [2.05, 4.69) is 56.8 Å². The highest BCUT2D eigenvalue weighted by atomic mass is 79.9. The first kappa shape index (κ1) is 42.0. The Kier molecular flexibility index (Phi) is 13.8. The number of rotatable bonds is 7. The highest BCUT2D eigenvalue weighted by molar-refractivity contribution is 9.10. The van der Waals surface area contributed by atoms with E-state index < -0.39 is 11.8 Å². The summed E-state index contributed by atoms with van der Waals surface area (Å²) < 4.78 is 66.7. The van der Waals surface area contributed by atoms with Crippen LogP contribution in [0.2, 0.25) is 0 Å². The van der Waals surface area contributed by atoms with Gasteiger partial charge in [-0.3, -0.25) is 19.7 Å². The molecule has 0 spiro atoms. The first-order valence-corrected chi connectivity index (χ1v) is 19.5. The number of aromatic amines is 1. The summed E-state index contributed by atoms with van der Waals surface area (Å²) in [6, 6.07) is 7.02. The third-order valence-corrected chi connectivity index (χ3v) is 10.8. The van der Waals surface area contributed by atoms with E-state index in [1.54, 1.807) is 32.0 Å². The Morgan fingerprint density at radius 3 is 1.74 bits per heavy atom. The van der Waals surface area contributed by atoms with Crippen LogP contribution in [-0.2, 0) is 9.68 Å². The van der Waals surface area contributed by atoms with Crippen molar-refractivity contribution in [3.8, 4) is 17.4 Å². The zero-order valence-corrected chi connectivity index (χ0v) is 33.7. The Bertz CT molecular complexity index is 1980. The minimum absolute atomic E-state index is 0.0726. The van der Waals surface area contributed by atoms with Crippen LogP contribution in [0.5, 0.6) is 11.8 Å². The Labute approximate surface area is 336 Å². The molecule has 4 aromatic heterocycles. The molecule has 308 valence electrons. The number of halogens is 5. The number of alkyl halides is 4. The number of nitrogens with one attached hydrogen (secondary N) is 3. The smallest absolute Gasteiger partial charge is 0.248 e. The average molecular weight is 864 g/mol. The third-order valence-electron chi connectivity index (χ3n) is 10.2. The van der Waals surface area contributed by atoms with Crippen LogP contribution in [0.4, 0.5) is 17.6 Å². The van der Waals surface area contributed by atoms with E-state index >= 15 is 0 Å². The zero-order chi connectivity index (χ0) is 40.6. The second kappa shape index (κ2) is 18.8.